The van der Waals surface area contributed by atoms with Gasteiger partial charge >= 0.3 is 0 Å². The van der Waals surface area contributed by atoms with Crippen LogP contribution in [0.5, 0.6) is 0 Å². The molecule has 1 amide bonds. The van der Waals surface area contributed by atoms with Crippen LogP contribution in [0, 0.1) is 6.92 Å². The van der Waals surface area contributed by atoms with Crippen LogP contribution in [0.15, 0.2) is 29.6 Å². The average Bonchev–Trinajstić information content (AvgIpc) is 3.11. The van der Waals surface area contributed by atoms with Gasteiger partial charge in [0, 0.05) is 35.6 Å². The zero-order valence-corrected chi connectivity index (χ0v) is 17.7. The molecule has 2 aliphatic rings. The van der Waals surface area contributed by atoms with Crippen molar-refractivity contribution >= 4 is 53.9 Å². The minimum absolute atomic E-state index is 0.0465. The second-order valence-corrected chi connectivity index (χ2v) is 9.83. The fourth-order valence-electron chi connectivity index (χ4n) is 3.98. The summed E-state index contributed by atoms with van der Waals surface area (Å²) >= 11 is 3.23. The average molecular weight is 418 g/mol. The highest BCUT2D eigenvalue weighted by Crippen LogP contribution is 2.46. The zero-order chi connectivity index (χ0) is 18.6. The number of anilines is 1. The van der Waals surface area contributed by atoms with Crippen LogP contribution in [0.4, 0.5) is 5.82 Å². The number of thiophene rings is 1. The van der Waals surface area contributed by atoms with Gasteiger partial charge < -0.3 is 14.8 Å². The molecule has 5 rings (SSSR count). The first-order valence-electron chi connectivity index (χ1n) is 8.93. The van der Waals surface area contributed by atoms with Crippen molar-refractivity contribution in [3.63, 3.8) is 0 Å². The van der Waals surface area contributed by atoms with E-state index >= 15 is 0 Å². The van der Waals surface area contributed by atoms with Crippen LogP contribution in [-0.2, 0) is 0 Å². The summed E-state index contributed by atoms with van der Waals surface area (Å²) in [6.45, 7) is 4.44. The first-order valence-corrected chi connectivity index (χ1v) is 12.0. The van der Waals surface area contributed by atoms with E-state index in [1.807, 2.05) is 18.3 Å². The van der Waals surface area contributed by atoms with Crippen molar-refractivity contribution in [3.05, 3.63) is 34.4 Å². The Morgan fingerprint density at radius 1 is 1.37 bits per heavy atom. The topological polar surface area (TPSA) is 65.1 Å². The maximum atomic E-state index is 13.2. The predicted molar refractivity (Wildman–Crippen MR) is 114 cm³/mol. The van der Waals surface area contributed by atoms with E-state index in [9.17, 15) is 4.79 Å². The molecule has 0 bridgehead atoms. The highest BCUT2D eigenvalue weighted by molar-refractivity contribution is 8.43. The fourth-order valence-corrected chi connectivity index (χ4v) is 6.53. The lowest BCUT2D eigenvalue weighted by Crippen LogP contribution is -2.57. The Hall–Kier alpha value is -1.63. The second kappa shape index (κ2) is 6.47. The van der Waals surface area contributed by atoms with Gasteiger partial charge in [-0.15, -0.1) is 22.7 Å². The molecule has 140 valence electrons. The molecule has 3 aromatic heterocycles. The van der Waals surface area contributed by atoms with Crippen molar-refractivity contribution in [2.24, 2.45) is 0 Å². The molecule has 6 nitrogen and oxygen atoms in total. The van der Waals surface area contributed by atoms with Crippen molar-refractivity contribution < 1.29 is 4.79 Å². The summed E-state index contributed by atoms with van der Waals surface area (Å²) < 4.78 is 0. The Morgan fingerprint density at radius 3 is 2.96 bits per heavy atom. The number of nitrogens with one attached hydrogen (secondary N) is 1. The summed E-state index contributed by atoms with van der Waals surface area (Å²) in [5.41, 5.74) is 0.814. The molecular formula is C18H20N5OPS2. The van der Waals surface area contributed by atoms with Gasteiger partial charge in [0.1, 0.15) is 17.8 Å². The molecule has 3 aromatic rings. The van der Waals surface area contributed by atoms with Gasteiger partial charge in [-0.3, -0.25) is 4.79 Å². The lowest BCUT2D eigenvalue weighted by atomic mass is 10.1. The minimum Gasteiger partial charge on any atom is -0.352 e. The van der Waals surface area contributed by atoms with Gasteiger partial charge in [0.25, 0.3) is 5.91 Å². The number of carbonyl (C=O) groups excluding carboxylic acids is 1. The Morgan fingerprint density at radius 2 is 2.22 bits per heavy atom. The lowest BCUT2D eigenvalue weighted by Gasteiger charge is -2.42. The van der Waals surface area contributed by atoms with Crippen LogP contribution in [0.25, 0.3) is 11.0 Å². The number of aromatic nitrogens is 3. The Labute approximate surface area is 167 Å². The molecule has 1 unspecified atom stereocenters. The quantitative estimate of drug-likeness (QED) is 0.659. The van der Waals surface area contributed by atoms with Gasteiger partial charge in [-0.25, -0.2) is 9.97 Å². The number of carbonyl (C=O) groups is 1. The number of aryl methyl sites for hydroxylation is 1. The molecule has 9 heteroatoms. The third kappa shape index (κ3) is 2.85. The van der Waals surface area contributed by atoms with Crippen LogP contribution in [-0.4, -0.2) is 50.9 Å². The number of nitrogens with zero attached hydrogens (tertiary/aromatic N) is 4. The number of hydrogen-bond donors (Lipinski definition) is 1. The molecule has 1 aliphatic heterocycles. The molecule has 1 spiro atoms. The number of rotatable bonds is 3. The largest absolute Gasteiger partial charge is 0.352 e. The summed E-state index contributed by atoms with van der Waals surface area (Å²) in [4.78, 5) is 32.9. The van der Waals surface area contributed by atoms with Crippen molar-refractivity contribution in [2.45, 2.75) is 30.2 Å². The van der Waals surface area contributed by atoms with Gasteiger partial charge in [-0.1, -0.05) is 8.44 Å². The van der Waals surface area contributed by atoms with Crippen LogP contribution >= 0.6 is 31.2 Å². The van der Waals surface area contributed by atoms with Crippen LogP contribution in [0.2, 0.25) is 0 Å². The number of hydrogen-bond acceptors (Lipinski definition) is 6. The SMILES string of the molecule is Cc1sc(C(=O)N2CCN(c3ncnc4[nH]ccc34)CC23CC3)cc1SP. The van der Waals surface area contributed by atoms with Gasteiger partial charge in [0.15, 0.2) is 0 Å². The summed E-state index contributed by atoms with van der Waals surface area (Å²) in [5.74, 6) is 1.15. The number of piperazine rings is 1. The van der Waals surface area contributed by atoms with E-state index in [1.165, 1.54) is 9.77 Å². The maximum absolute atomic E-state index is 13.2. The highest BCUT2D eigenvalue weighted by Gasteiger charge is 2.53. The zero-order valence-electron chi connectivity index (χ0n) is 14.9. The molecule has 0 aromatic carbocycles. The molecule has 2 fully saturated rings. The smallest absolute Gasteiger partial charge is 0.264 e. The van der Waals surface area contributed by atoms with Gasteiger partial charge in [-0.2, -0.15) is 0 Å². The fraction of sp³-hybridized carbons (Fsp3) is 0.389. The molecule has 1 saturated heterocycles. The van der Waals surface area contributed by atoms with Gasteiger partial charge in [0.2, 0.25) is 0 Å². The number of aromatic amines is 1. The number of H-pyrrole nitrogens is 1. The van der Waals surface area contributed by atoms with Gasteiger partial charge in [-0.05, 0) is 31.9 Å². The highest BCUT2D eigenvalue weighted by atomic mass is 32.7. The molecule has 27 heavy (non-hydrogen) atoms. The molecular weight excluding hydrogens is 397 g/mol. The van der Waals surface area contributed by atoms with Crippen LogP contribution in [0.1, 0.15) is 27.4 Å². The number of amides is 1. The molecule has 0 radical (unpaired) electrons. The first kappa shape index (κ1) is 17.5. The Kier molecular flexibility index (Phi) is 4.18. The Bertz CT molecular complexity index is 1030. The lowest BCUT2D eigenvalue weighted by molar-refractivity contribution is 0.0629. The summed E-state index contributed by atoms with van der Waals surface area (Å²) in [7, 11) is 2.67. The third-order valence-electron chi connectivity index (χ3n) is 5.57. The van der Waals surface area contributed by atoms with E-state index in [4.69, 9.17) is 0 Å². The monoisotopic (exact) mass is 417 g/mol. The van der Waals surface area contributed by atoms with E-state index in [-0.39, 0.29) is 11.4 Å². The summed E-state index contributed by atoms with van der Waals surface area (Å²) in [5, 5.41) is 1.05. The third-order valence-corrected chi connectivity index (χ3v) is 8.17. The maximum Gasteiger partial charge on any atom is 0.264 e. The molecule has 1 saturated carbocycles. The van der Waals surface area contributed by atoms with Crippen LogP contribution < -0.4 is 4.90 Å². The normalized spacial score (nSPS) is 18.4. The van der Waals surface area contributed by atoms with E-state index in [0.29, 0.717) is 0 Å². The van der Waals surface area contributed by atoms with E-state index in [2.05, 4.69) is 40.1 Å². The number of fused-ring (bicyclic) bond motifs is 1. The molecule has 1 atom stereocenters. The predicted octanol–water partition coefficient (Wildman–Crippen LogP) is 3.71. The first-order chi connectivity index (χ1) is 13.1. The molecule has 4 heterocycles. The summed E-state index contributed by atoms with van der Waals surface area (Å²) in [6, 6.07) is 4.06. The van der Waals surface area contributed by atoms with Crippen LogP contribution in [0.3, 0.4) is 0 Å². The van der Waals surface area contributed by atoms with E-state index in [0.717, 1.165) is 54.2 Å². The standard InChI is InChI=1S/C18H20N5OPS2/c1-11-13(27-25)8-14(26-11)17(24)23-7-6-22(9-18(23)3-4-18)16-12-2-5-19-15(12)20-10-21-16/h2,5,8,10H,3-4,6-7,9,25H2,1H3,(H,19,20,21). The second-order valence-electron chi connectivity index (χ2n) is 7.19. The van der Waals surface area contributed by atoms with Crippen molar-refractivity contribution in [1.29, 1.82) is 0 Å². The van der Waals surface area contributed by atoms with Crippen molar-refractivity contribution in [2.75, 3.05) is 24.5 Å². The van der Waals surface area contributed by atoms with E-state index in [1.54, 1.807) is 29.0 Å². The molecule has 1 aliphatic carbocycles. The van der Waals surface area contributed by atoms with Crippen molar-refractivity contribution in [3.8, 4) is 0 Å². The van der Waals surface area contributed by atoms with E-state index < -0.39 is 0 Å². The van der Waals surface area contributed by atoms with Gasteiger partial charge in [0.05, 0.1) is 15.8 Å². The molecule has 1 N–H and O–H groups in total. The minimum atomic E-state index is -0.0465. The van der Waals surface area contributed by atoms with Crippen molar-refractivity contribution in [1.82, 2.24) is 19.9 Å². The summed E-state index contributed by atoms with van der Waals surface area (Å²) in [6.07, 6.45) is 5.64. The Balaban J connectivity index is 1.41.